The van der Waals surface area contributed by atoms with Crippen molar-refractivity contribution in [3.63, 3.8) is 0 Å². The number of carbonyl (C=O) groups excluding carboxylic acids is 1. The Labute approximate surface area is 102 Å². The molecule has 0 radical (unpaired) electrons. The molecule has 0 bridgehead atoms. The van der Waals surface area contributed by atoms with Crippen LogP contribution >= 0.6 is 0 Å². The number of hydrogen-bond donors (Lipinski definition) is 1. The van der Waals surface area contributed by atoms with Crippen molar-refractivity contribution < 1.29 is 14.3 Å². The minimum absolute atomic E-state index is 0.0214. The first-order valence-electron chi connectivity index (χ1n) is 5.73. The number of anilines is 1. The van der Waals surface area contributed by atoms with E-state index in [2.05, 4.69) is 6.92 Å². The van der Waals surface area contributed by atoms with Crippen molar-refractivity contribution >= 4 is 11.7 Å². The SMILES string of the molecule is CCCC(C)Oc1c(N)cccc1C(=O)OC. The summed E-state index contributed by atoms with van der Waals surface area (Å²) in [6.07, 6.45) is 1.95. The van der Waals surface area contributed by atoms with E-state index in [0.29, 0.717) is 17.0 Å². The zero-order chi connectivity index (χ0) is 12.8. The molecule has 2 N–H and O–H groups in total. The average Bonchev–Trinajstić information content (AvgIpc) is 2.31. The summed E-state index contributed by atoms with van der Waals surface area (Å²) in [5.74, 6) is -0.0173. The van der Waals surface area contributed by atoms with Gasteiger partial charge in [-0.05, 0) is 25.5 Å². The van der Waals surface area contributed by atoms with Crippen LogP contribution in [0.3, 0.4) is 0 Å². The molecule has 0 saturated heterocycles. The highest BCUT2D eigenvalue weighted by Gasteiger charge is 2.17. The van der Waals surface area contributed by atoms with Crippen molar-refractivity contribution in [3.8, 4) is 5.75 Å². The van der Waals surface area contributed by atoms with E-state index >= 15 is 0 Å². The van der Waals surface area contributed by atoms with Gasteiger partial charge in [-0.3, -0.25) is 0 Å². The van der Waals surface area contributed by atoms with Crippen LogP contribution in [-0.2, 0) is 4.74 Å². The van der Waals surface area contributed by atoms with Crippen LogP contribution in [0.1, 0.15) is 37.0 Å². The van der Waals surface area contributed by atoms with Gasteiger partial charge in [0.15, 0.2) is 5.75 Å². The summed E-state index contributed by atoms with van der Waals surface area (Å²) < 4.78 is 10.4. The van der Waals surface area contributed by atoms with Crippen LogP contribution in [0.2, 0.25) is 0 Å². The fourth-order valence-corrected chi connectivity index (χ4v) is 1.62. The second-order valence-electron chi connectivity index (χ2n) is 3.93. The molecule has 1 atom stereocenters. The number of rotatable bonds is 5. The molecule has 0 aliphatic heterocycles. The molecule has 1 rings (SSSR count). The minimum atomic E-state index is -0.434. The van der Waals surface area contributed by atoms with Gasteiger partial charge in [0.05, 0.1) is 18.9 Å². The van der Waals surface area contributed by atoms with Crippen molar-refractivity contribution in [2.24, 2.45) is 0 Å². The van der Waals surface area contributed by atoms with Crippen LogP contribution in [-0.4, -0.2) is 19.2 Å². The zero-order valence-electron chi connectivity index (χ0n) is 10.5. The zero-order valence-corrected chi connectivity index (χ0v) is 10.5. The van der Waals surface area contributed by atoms with E-state index < -0.39 is 5.97 Å². The van der Waals surface area contributed by atoms with Crippen LogP contribution < -0.4 is 10.5 Å². The van der Waals surface area contributed by atoms with Gasteiger partial charge in [0.25, 0.3) is 0 Å². The number of para-hydroxylation sites is 1. The topological polar surface area (TPSA) is 61.5 Å². The fraction of sp³-hybridized carbons (Fsp3) is 0.462. The number of ether oxygens (including phenoxy) is 2. The Kier molecular flexibility index (Phi) is 4.82. The molecular formula is C13H19NO3. The summed E-state index contributed by atoms with van der Waals surface area (Å²) in [5.41, 5.74) is 6.65. The molecule has 94 valence electrons. The summed E-state index contributed by atoms with van der Waals surface area (Å²) in [6, 6.07) is 5.07. The van der Waals surface area contributed by atoms with E-state index in [0.717, 1.165) is 12.8 Å². The molecule has 0 fully saturated rings. The summed E-state index contributed by atoms with van der Waals surface area (Å²) >= 11 is 0. The predicted octanol–water partition coefficient (Wildman–Crippen LogP) is 2.62. The van der Waals surface area contributed by atoms with Gasteiger partial charge >= 0.3 is 5.97 Å². The van der Waals surface area contributed by atoms with Crippen LogP contribution in [0.15, 0.2) is 18.2 Å². The second-order valence-corrected chi connectivity index (χ2v) is 3.93. The van der Waals surface area contributed by atoms with Crippen LogP contribution in [0.25, 0.3) is 0 Å². The predicted molar refractivity (Wildman–Crippen MR) is 67.2 cm³/mol. The molecule has 0 spiro atoms. The lowest BCUT2D eigenvalue weighted by Crippen LogP contribution is -2.15. The minimum Gasteiger partial charge on any atom is -0.488 e. The Morgan fingerprint density at radius 2 is 2.18 bits per heavy atom. The largest absolute Gasteiger partial charge is 0.488 e. The summed E-state index contributed by atoms with van der Waals surface area (Å²) in [6.45, 7) is 4.03. The molecule has 1 aromatic rings. The Bertz CT molecular complexity index is 390. The van der Waals surface area contributed by atoms with Gasteiger partial charge in [-0.2, -0.15) is 0 Å². The average molecular weight is 237 g/mol. The van der Waals surface area contributed by atoms with Gasteiger partial charge < -0.3 is 15.2 Å². The number of benzene rings is 1. The van der Waals surface area contributed by atoms with Crippen LogP contribution in [0.4, 0.5) is 5.69 Å². The Hall–Kier alpha value is -1.71. The third-order valence-corrected chi connectivity index (χ3v) is 2.47. The van der Waals surface area contributed by atoms with E-state index in [1.54, 1.807) is 18.2 Å². The number of nitrogens with two attached hydrogens (primary N) is 1. The van der Waals surface area contributed by atoms with Crippen LogP contribution in [0.5, 0.6) is 5.75 Å². The van der Waals surface area contributed by atoms with Gasteiger partial charge in [0.1, 0.15) is 5.56 Å². The van der Waals surface area contributed by atoms with E-state index in [-0.39, 0.29) is 6.10 Å². The van der Waals surface area contributed by atoms with Crippen LogP contribution in [0, 0.1) is 0 Å². The lowest BCUT2D eigenvalue weighted by molar-refractivity contribution is 0.0593. The highest BCUT2D eigenvalue weighted by Crippen LogP contribution is 2.28. The molecule has 0 amide bonds. The third-order valence-electron chi connectivity index (χ3n) is 2.47. The summed E-state index contributed by atoms with van der Waals surface area (Å²) in [4.78, 5) is 11.6. The van der Waals surface area contributed by atoms with Gasteiger partial charge in [-0.25, -0.2) is 4.79 Å². The molecule has 17 heavy (non-hydrogen) atoms. The highest BCUT2D eigenvalue weighted by atomic mass is 16.5. The monoisotopic (exact) mass is 237 g/mol. The highest BCUT2D eigenvalue weighted by molar-refractivity contribution is 5.94. The van der Waals surface area contributed by atoms with Crippen molar-refractivity contribution in [2.75, 3.05) is 12.8 Å². The van der Waals surface area contributed by atoms with E-state index in [4.69, 9.17) is 15.2 Å². The molecule has 0 saturated carbocycles. The summed E-state index contributed by atoms with van der Waals surface area (Å²) in [5, 5.41) is 0. The van der Waals surface area contributed by atoms with Gasteiger partial charge in [0, 0.05) is 0 Å². The van der Waals surface area contributed by atoms with Crippen molar-refractivity contribution in [1.29, 1.82) is 0 Å². The standard InChI is InChI=1S/C13H19NO3/c1-4-6-9(2)17-12-10(13(15)16-3)7-5-8-11(12)14/h5,7-9H,4,6,14H2,1-3H3. The maximum Gasteiger partial charge on any atom is 0.341 e. The second kappa shape index (κ2) is 6.13. The number of carbonyl (C=O) groups is 1. The summed E-state index contributed by atoms with van der Waals surface area (Å²) in [7, 11) is 1.34. The van der Waals surface area contributed by atoms with Gasteiger partial charge in [-0.15, -0.1) is 0 Å². The number of hydrogen-bond acceptors (Lipinski definition) is 4. The normalized spacial score (nSPS) is 11.9. The molecular weight excluding hydrogens is 218 g/mol. The smallest absolute Gasteiger partial charge is 0.341 e. The molecule has 0 heterocycles. The van der Waals surface area contributed by atoms with Crippen molar-refractivity contribution in [1.82, 2.24) is 0 Å². The van der Waals surface area contributed by atoms with E-state index in [9.17, 15) is 4.79 Å². The first-order valence-corrected chi connectivity index (χ1v) is 5.73. The molecule has 0 aromatic heterocycles. The van der Waals surface area contributed by atoms with E-state index in [1.807, 2.05) is 6.92 Å². The fourth-order valence-electron chi connectivity index (χ4n) is 1.62. The number of nitrogen functional groups attached to an aromatic ring is 1. The molecule has 4 heteroatoms. The number of esters is 1. The molecule has 0 aliphatic rings. The molecule has 1 unspecified atom stereocenters. The maximum absolute atomic E-state index is 11.6. The van der Waals surface area contributed by atoms with Crippen molar-refractivity contribution in [2.45, 2.75) is 32.8 Å². The lowest BCUT2D eigenvalue weighted by atomic mass is 10.1. The van der Waals surface area contributed by atoms with Crippen molar-refractivity contribution in [3.05, 3.63) is 23.8 Å². The number of methoxy groups -OCH3 is 1. The van der Waals surface area contributed by atoms with Gasteiger partial charge in [-0.1, -0.05) is 19.4 Å². The first kappa shape index (κ1) is 13.4. The molecule has 1 aromatic carbocycles. The first-order chi connectivity index (χ1) is 8.10. The molecule has 4 nitrogen and oxygen atoms in total. The maximum atomic E-state index is 11.6. The lowest BCUT2D eigenvalue weighted by Gasteiger charge is -2.17. The Morgan fingerprint density at radius 3 is 2.76 bits per heavy atom. The Balaban J connectivity index is 2.99. The Morgan fingerprint density at radius 1 is 1.47 bits per heavy atom. The quantitative estimate of drug-likeness (QED) is 0.631. The van der Waals surface area contributed by atoms with E-state index in [1.165, 1.54) is 7.11 Å². The molecule has 0 aliphatic carbocycles. The van der Waals surface area contributed by atoms with Gasteiger partial charge in [0.2, 0.25) is 0 Å². The third kappa shape index (κ3) is 3.37.